The standard InChI is InChI=1S/C11H9Br2N3OS/c1-14-10-5-3-18-4-7(5)15-11(16-10)8-2-6(12)9(13)17-8/h2H,3-4H2,1H3,(H,14,15,16). The van der Waals surface area contributed by atoms with Gasteiger partial charge in [0.2, 0.25) is 0 Å². The minimum atomic E-state index is 0.618. The van der Waals surface area contributed by atoms with Crippen molar-refractivity contribution < 1.29 is 4.42 Å². The van der Waals surface area contributed by atoms with Crippen molar-refractivity contribution in [1.29, 1.82) is 0 Å². The Hall–Kier alpha value is -0.530. The van der Waals surface area contributed by atoms with E-state index in [1.807, 2.05) is 24.9 Å². The number of hydrogen-bond acceptors (Lipinski definition) is 5. The van der Waals surface area contributed by atoms with Gasteiger partial charge in [0.15, 0.2) is 16.3 Å². The van der Waals surface area contributed by atoms with Crippen LogP contribution in [-0.2, 0) is 11.5 Å². The molecule has 0 radical (unpaired) electrons. The molecule has 3 rings (SSSR count). The second-order valence-electron chi connectivity index (χ2n) is 3.80. The molecule has 1 N–H and O–H groups in total. The fraction of sp³-hybridized carbons (Fsp3) is 0.273. The largest absolute Gasteiger partial charge is 0.445 e. The second kappa shape index (κ2) is 4.86. The van der Waals surface area contributed by atoms with E-state index in [0.717, 1.165) is 27.5 Å². The van der Waals surface area contributed by atoms with Crippen LogP contribution >= 0.6 is 43.6 Å². The van der Waals surface area contributed by atoms with E-state index in [2.05, 4.69) is 47.1 Å². The van der Waals surface area contributed by atoms with Gasteiger partial charge in [0.25, 0.3) is 0 Å². The summed E-state index contributed by atoms with van der Waals surface area (Å²) in [5.74, 6) is 4.07. The van der Waals surface area contributed by atoms with Crippen LogP contribution < -0.4 is 5.32 Å². The number of halogens is 2. The fourth-order valence-electron chi connectivity index (χ4n) is 1.82. The fourth-order valence-corrected chi connectivity index (χ4v) is 3.44. The first-order valence-electron chi connectivity index (χ1n) is 5.29. The molecule has 2 aromatic rings. The van der Waals surface area contributed by atoms with Crippen molar-refractivity contribution in [3.63, 3.8) is 0 Å². The second-order valence-corrected chi connectivity index (χ2v) is 6.36. The van der Waals surface area contributed by atoms with Crippen LogP contribution in [-0.4, -0.2) is 17.0 Å². The van der Waals surface area contributed by atoms with Crippen LogP contribution in [0.3, 0.4) is 0 Å². The lowest BCUT2D eigenvalue weighted by Crippen LogP contribution is -2.02. The summed E-state index contributed by atoms with van der Waals surface area (Å²) in [6, 6.07) is 1.87. The molecular weight excluding hydrogens is 382 g/mol. The molecule has 0 saturated heterocycles. The lowest BCUT2D eigenvalue weighted by molar-refractivity contribution is 0.549. The quantitative estimate of drug-likeness (QED) is 0.838. The smallest absolute Gasteiger partial charge is 0.198 e. The molecule has 3 heterocycles. The Balaban J connectivity index is 2.13. The highest BCUT2D eigenvalue weighted by atomic mass is 79.9. The predicted molar refractivity (Wildman–Crippen MR) is 79.7 cm³/mol. The number of nitrogens with zero attached hydrogens (tertiary/aromatic N) is 2. The van der Waals surface area contributed by atoms with E-state index in [1.165, 1.54) is 5.56 Å². The molecular formula is C11H9Br2N3OS. The van der Waals surface area contributed by atoms with Crippen LogP contribution in [0.5, 0.6) is 0 Å². The number of furan rings is 1. The summed E-state index contributed by atoms with van der Waals surface area (Å²) in [4.78, 5) is 9.10. The number of nitrogens with one attached hydrogen (secondary N) is 1. The van der Waals surface area contributed by atoms with Crippen molar-refractivity contribution in [1.82, 2.24) is 9.97 Å². The summed E-state index contributed by atoms with van der Waals surface area (Å²) >= 11 is 8.57. The molecule has 0 saturated carbocycles. The number of fused-ring (bicyclic) bond motifs is 1. The van der Waals surface area contributed by atoms with E-state index >= 15 is 0 Å². The zero-order chi connectivity index (χ0) is 12.7. The van der Waals surface area contributed by atoms with Crippen molar-refractivity contribution in [2.45, 2.75) is 11.5 Å². The topological polar surface area (TPSA) is 51.0 Å². The number of aromatic nitrogens is 2. The molecule has 94 valence electrons. The number of anilines is 1. The summed E-state index contributed by atoms with van der Waals surface area (Å²) in [5.41, 5.74) is 2.30. The molecule has 1 aliphatic rings. The normalized spacial score (nSPS) is 13.7. The van der Waals surface area contributed by atoms with Gasteiger partial charge in [0, 0.05) is 30.2 Å². The van der Waals surface area contributed by atoms with Crippen molar-refractivity contribution in [2.75, 3.05) is 12.4 Å². The maximum absolute atomic E-state index is 5.57. The summed E-state index contributed by atoms with van der Waals surface area (Å²) in [6.07, 6.45) is 0. The maximum atomic E-state index is 5.57. The van der Waals surface area contributed by atoms with Gasteiger partial charge in [-0.15, -0.1) is 0 Å². The van der Waals surface area contributed by atoms with Gasteiger partial charge in [0.1, 0.15) is 5.82 Å². The molecule has 0 bridgehead atoms. The van der Waals surface area contributed by atoms with Gasteiger partial charge in [-0.2, -0.15) is 11.8 Å². The maximum Gasteiger partial charge on any atom is 0.198 e. The van der Waals surface area contributed by atoms with Crippen molar-refractivity contribution >= 4 is 49.4 Å². The van der Waals surface area contributed by atoms with E-state index in [-0.39, 0.29) is 0 Å². The Labute approximate surface area is 125 Å². The van der Waals surface area contributed by atoms with Crippen molar-refractivity contribution in [3.05, 3.63) is 26.5 Å². The first kappa shape index (κ1) is 12.5. The van der Waals surface area contributed by atoms with Crippen molar-refractivity contribution in [3.8, 4) is 11.6 Å². The van der Waals surface area contributed by atoms with Crippen LogP contribution in [0.15, 0.2) is 19.6 Å². The molecule has 0 spiro atoms. The SMILES string of the molecule is CNc1nc(-c2cc(Br)c(Br)o2)nc2c1CSC2. The van der Waals surface area contributed by atoms with Gasteiger partial charge < -0.3 is 9.73 Å². The van der Waals surface area contributed by atoms with Crippen LogP contribution in [0, 0.1) is 0 Å². The Kier molecular flexibility index (Phi) is 3.38. The van der Waals surface area contributed by atoms with E-state index in [9.17, 15) is 0 Å². The molecule has 0 unspecified atom stereocenters. The number of hydrogen-bond donors (Lipinski definition) is 1. The van der Waals surface area contributed by atoms with Gasteiger partial charge in [-0.05, 0) is 31.9 Å². The molecule has 0 aliphatic carbocycles. The lowest BCUT2D eigenvalue weighted by Gasteiger charge is -2.07. The average molecular weight is 391 g/mol. The third kappa shape index (κ3) is 2.08. The van der Waals surface area contributed by atoms with Crippen molar-refractivity contribution in [2.24, 2.45) is 0 Å². The summed E-state index contributed by atoms with van der Waals surface area (Å²) in [7, 11) is 1.88. The number of rotatable bonds is 2. The third-order valence-corrected chi connectivity index (χ3v) is 5.36. The van der Waals surface area contributed by atoms with Gasteiger partial charge in [0.05, 0.1) is 10.2 Å². The minimum Gasteiger partial charge on any atom is -0.445 e. The summed E-state index contributed by atoms with van der Waals surface area (Å²) in [6.45, 7) is 0. The van der Waals surface area contributed by atoms with Gasteiger partial charge in [-0.3, -0.25) is 0 Å². The Morgan fingerprint density at radius 3 is 2.83 bits per heavy atom. The van der Waals surface area contributed by atoms with Gasteiger partial charge in [-0.1, -0.05) is 0 Å². The molecule has 2 aromatic heterocycles. The molecule has 0 amide bonds. The molecule has 18 heavy (non-hydrogen) atoms. The zero-order valence-electron chi connectivity index (χ0n) is 9.46. The lowest BCUT2D eigenvalue weighted by atomic mass is 10.2. The molecule has 1 aliphatic heterocycles. The van der Waals surface area contributed by atoms with Gasteiger partial charge in [-0.25, -0.2) is 9.97 Å². The van der Waals surface area contributed by atoms with Gasteiger partial charge >= 0.3 is 0 Å². The molecule has 4 nitrogen and oxygen atoms in total. The summed E-state index contributed by atoms with van der Waals surface area (Å²) < 4.78 is 7.09. The van der Waals surface area contributed by atoms with E-state index in [0.29, 0.717) is 16.3 Å². The highest BCUT2D eigenvalue weighted by molar-refractivity contribution is 9.13. The first-order valence-corrected chi connectivity index (χ1v) is 8.03. The monoisotopic (exact) mass is 389 g/mol. The van der Waals surface area contributed by atoms with Crippen LogP contribution in [0.1, 0.15) is 11.3 Å². The van der Waals surface area contributed by atoms with E-state index in [1.54, 1.807) is 0 Å². The van der Waals surface area contributed by atoms with Crippen LogP contribution in [0.25, 0.3) is 11.6 Å². The predicted octanol–water partition coefficient (Wildman–Crippen LogP) is 4.05. The van der Waals surface area contributed by atoms with E-state index < -0.39 is 0 Å². The molecule has 0 fully saturated rings. The Morgan fingerprint density at radius 2 is 2.17 bits per heavy atom. The van der Waals surface area contributed by atoms with E-state index in [4.69, 9.17) is 4.42 Å². The first-order chi connectivity index (χ1) is 8.69. The minimum absolute atomic E-state index is 0.618. The van der Waals surface area contributed by atoms with Crippen LogP contribution in [0.4, 0.5) is 5.82 Å². The summed E-state index contributed by atoms with van der Waals surface area (Å²) in [5, 5.41) is 3.13. The average Bonchev–Trinajstić information content (AvgIpc) is 2.95. The molecule has 7 heteroatoms. The molecule has 0 atom stereocenters. The highest BCUT2D eigenvalue weighted by Crippen LogP contribution is 2.36. The Morgan fingerprint density at radius 1 is 1.33 bits per heavy atom. The zero-order valence-corrected chi connectivity index (χ0v) is 13.4. The number of thioether (sulfide) groups is 1. The Bertz CT molecular complexity index is 595. The third-order valence-electron chi connectivity index (χ3n) is 2.68. The highest BCUT2D eigenvalue weighted by Gasteiger charge is 2.21. The van der Waals surface area contributed by atoms with Crippen LogP contribution in [0.2, 0.25) is 0 Å². The molecule has 0 aromatic carbocycles.